The van der Waals surface area contributed by atoms with E-state index in [1.165, 1.54) is 19.2 Å². The van der Waals surface area contributed by atoms with Gasteiger partial charge in [0.05, 0.1) is 16.3 Å². The molecule has 21 heavy (non-hydrogen) atoms. The van der Waals surface area contributed by atoms with Crippen molar-refractivity contribution in [1.82, 2.24) is 9.71 Å². The molecule has 0 fully saturated rings. The van der Waals surface area contributed by atoms with Gasteiger partial charge in [0.15, 0.2) is 0 Å². The molecule has 1 heterocycles. The number of aromatic nitrogens is 1. The van der Waals surface area contributed by atoms with Gasteiger partial charge in [0.1, 0.15) is 0 Å². The molecule has 112 valence electrons. The summed E-state index contributed by atoms with van der Waals surface area (Å²) >= 11 is 0. The first kappa shape index (κ1) is 15.3. The van der Waals surface area contributed by atoms with Gasteiger partial charge in [0.2, 0.25) is 10.0 Å². The fourth-order valence-corrected chi connectivity index (χ4v) is 2.60. The van der Waals surface area contributed by atoms with Crippen LogP contribution in [0.4, 0.5) is 11.4 Å². The van der Waals surface area contributed by atoms with E-state index < -0.39 is 10.0 Å². The molecule has 0 saturated heterocycles. The van der Waals surface area contributed by atoms with Gasteiger partial charge in [-0.2, -0.15) is 0 Å². The van der Waals surface area contributed by atoms with E-state index in [4.69, 9.17) is 5.73 Å². The number of benzene rings is 1. The van der Waals surface area contributed by atoms with Crippen LogP contribution in [0.25, 0.3) is 0 Å². The third-order valence-corrected chi connectivity index (χ3v) is 4.44. The minimum Gasteiger partial charge on any atom is -0.397 e. The molecule has 4 N–H and O–H groups in total. The first-order valence-corrected chi connectivity index (χ1v) is 7.98. The van der Waals surface area contributed by atoms with Gasteiger partial charge >= 0.3 is 0 Å². The summed E-state index contributed by atoms with van der Waals surface area (Å²) in [5.74, 6) is 0. The molecule has 0 aliphatic carbocycles. The van der Waals surface area contributed by atoms with Crippen molar-refractivity contribution in [3.8, 4) is 0 Å². The van der Waals surface area contributed by atoms with E-state index in [0.29, 0.717) is 17.9 Å². The minimum absolute atomic E-state index is 0.180. The monoisotopic (exact) mass is 306 g/mol. The second-order valence-electron chi connectivity index (χ2n) is 4.45. The maximum absolute atomic E-state index is 11.8. The first-order chi connectivity index (χ1) is 10.0. The van der Waals surface area contributed by atoms with Crippen LogP contribution in [0.2, 0.25) is 0 Å². The predicted octanol–water partition coefficient (Wildman–Crippen LogP) is 1.23. The SMILES string of the molecule is CNS(=O)(=O)c1ccc(N)c(NCCc2ccccn2)c1. The number of nitrogens with two attached hydrogens (primary N) is 1. The summed E-state index contributed by atoms with van der Waals surface area (Å²) < 4.78 is 25.8. The van der Waals surface area contributed by atoms with Crippen molar-refractivity contribution in [2.75, 3.05) is 24.6 Å². The Labute approximate surface area is 124 Å². The number of nitrogens with zero attached hydrogens (tertiary/aromatic N) is 1. The molecule has 0 aliphatic heterocycles. The molecule has 0 radical (unpaired) electrons. The average Bonchev–Trinajstić information content (AvgIpc) is 2.50. The quantitative estimate of drug-likeness (QED) is 0.697. The second kappa shape index (κ2) is 6.55. The number of hydrogen-bond donors (Lipinski definition) is 3. The van der Waals surface area contributed by atoms with Gasteiger partial charge in [-0.1, -0.05) is 6.07 Å². The van der Waals surface area contributed by atoms with Crippen LogP contribution in [0.15, 0.2) is 47.5 Å². The summed E-state index contributed by atoms with van der Waals surface area (Å²) in [5, 5.41) is 3.14. The van der Waals surface area contributed by atoms with Crippen molar-refractivity contribution in [3.63, 3.8) is 0 Å². The highest BCUT2D eigenvalue weighted by molar-refractivity contribution is 7.89. The Morgan fingerprint density at radius 1 is 1.24 bits per heavy atom. The van der Waals surface area contributed by atoms with Crippen LogP contribution in [-0.4, -0.2) is 27.0 Å². The molecule has 7 heteroatoms. The fraction of sp³-hybridized carbons (Fsp3) is 0.214. The molecule has 0 amide bonds. The summed E-state index contributed by atoms with van der Waals surface area (Å²) in [5.41, 5.74) is 7.93. The molecule has 6 nitrogen and oxygen atoms in total. The number of nitrogen functional groups attached to an aromatic ring is 1. The van der Waals surface area contributed by atoms with E-state index in [1.807, 2.05) is 18.2 Å². The van der Waals surface area contributed by atoms with Gasteiger partial charge in [0, 0.05) is 24.9 Å². The Morgan fingerprint density at radius 3 is 2.71 bits per heavy atom. The molecular formula is C14H18N4O2S. The standard InChI is InChI=1S/C14H18N4O2S/c1-16-21(19,20)12-5-6-13(15)14(10-12)18-9-7-11-4-2-3-8-17-11/h2-6,8,10,16,18H,7,9,15H2,1H3. The Kier molecular flexibility index (Phi) is 4.77. The van der Waals surface area contributed by atoms with Crippen LogP contribution < -0.4 is 15.8 Å². The minimum atomic E-state index is -3.47. The summed E-state index contributed by atoms with van der Waals surface area (Å²) in [6.07, 6.45) is 2.47. The highest BCUT2D eigenvalue weighted by Crippen LogP contribution is 2.22. The van der Waals surface area contributed by atoms with Gasteiger partial charge < -0.3 is 11.1 Å². The Balaban J connectivity index is 2.08. The van der Waals surface area contributed by atoms with Crippen LogP contribution in [0.3, 0.4) is 0 Å². The largest absolute Gasteiger partial charge is 0.397 e. The van der Waals surface area contributed by atoms with E-state index in [0.717, 1.165) is 12.1 Å². The summed E-state index contributed by atoms with van der Waals surface area (Å²) in [6, 6.07) is 10.3. The zero-order valence-corrected chi connectivity index (χ0v) is 12.5. The molecule has 0 bridgehead atoms. The van der Waals surface area contributed by atoms with E-state index >= 15 is 0 Å². The molecule has 0 unspecified atom stereocenters. The Bertz CT molecular complexity index is 702. The molecule has 2 aromatic rings. The van der Waals surface area contributed by atoms with Gasteiger partial charge in [0.25, 0.3) is 0 Å². The normalized spacial score (nSPS) is 11.3. The Morgan fingerprint density at radius 2 is 2.05 bits per heavy atom. The Hall–Kier alpha value is -2.12. The molecule has 0 spiro atoms. The number of hydrogen-bond acceptors (Lipinski definition) is 5. The van der Waals surface area contributed by atoms with Crippen LogP contribution in [0.1, 0.15) is 5.69 Å². The van der Waals surface area contributed by atoms with Crippen molar-refractivity contribution in [2.45, 2.75) is 11.3 Å². The lowest BCUT2D eigenvalue weighted by atomic mass is 10.2. The van der Waals surface area contributed by atoms with Gasteiger partial charge in [-0.3, -0.25) is 4.98 Å². The highest BCUT2D eigenvalue weighted by atomic mass is 32.2. The van der Waals surface area contributed by atoms with Crippen molar-refractivity contribution in [3.05, 3.63) is 48.3 Å². The van der Waals surface area contributed by atoms with Gasteiger partial charge in [-0.25, -0.2) is 13.1 Å². The molecule has 0 aliphatic rings. The fourth-order valence-electron chi connectivity index (χ4n) is 1.84. The van der Waals surface area contributed by atoms with Crippen molar-refractivity contribution >= 4 is 21.4 Å². The van der Waals surface area contributed by atoms with Gasteiger partial charge in [-0.05, 0) is 37.4 Å². The molecule has 1 aromatic carbocycles. The third-order valence-electron chi connectivity index (χ3n) is 3.03. The van der Waals surface area contributed by atoms with Crippen LogP contribution in [0, 0.1) is 0 Å². The summed E-state index contributed by atoms with van der Waals surface area (Å²) in [7, 11) is -2.10. The van der Waals surface area contributed by atoms with Crippen LogP contribution in [0.5, 0.6) is 0 Å². The van der Waals surface area contributed by atoms with E-state index in [-0.39, 0.29) is 4.90 Å². The molecule has 2 rings (SSSR count). The molecule has 1 aromatic heterocycles. The summed E-state index contributed by atoms with van der Waals surface area (Å²) in [6.45, 7) is 0.615. The van der Waals surface area contributed by atoms with E-state index in [2.05, 4.69) is 15.0 Å². The number of rotatable bonds is 6. The number of sulfonamides is 1. The van der Waals surface area contributed by atoms with Gasteiger partial charge in [-0.15, -0.1) is 0 Å². The zero-order valence-electron chi connectivity index (χ0n) is 11.7. The summed E-state index contributed by atoms with van der Waals surface area (Å²) in [4.78, 5) is 4.41. The number of pyridine rings is 1. The lowest BCUT2D eigenvalue weighted by Gasteiger charge is -2.11. The second-order valence-corrected chi connectivity index (χ2v) is 6.34. The topological polar surface area (TPSA) is 97.1 Å². The number of anilines is 2. The lowest BCUT2D eigenvalue weighted by Crippen LogP contribution is -2.19. The van der Waals surface area contributed by atoms with Crippen molar-refractivity contribution < 1.29 is 8.42 Å². The number of nitrogens with one attached hydrogen (secondary N) is 2. The zero-order chi connectivity index (χ0) is 15.3. The third kappa shape index (κ3) is 3.93. The molecule has 0 saturated carbocycles. The van der Waals surface area contributed by atoms with Crippen molar-refractivity contribution in [2.24, 2.45) is 0 Å². The van der Waals surface area contributed by atoms with Crippen molar-refractivity contribution in [1.29, 1.82) is 0 Å². The lowest BCUT2D eigenvalue weighted by molar-refractivity contribution is 0.588. The molecular weight excluding hydrogens is 288 g/mol. The molecule has 0 atom stereocenters. The van der Waals surface area contributed by atoms with E-state index in [9.17, 15) is 8.42 Å². The smallest absolute Gasteiger partial charge is 0.240 e. The van der Waals surface area contributed by atoms with Crippen LogP contribution in [-0.2, 0) is 16.4 Å². The average molecular weight is 306 g/mol. The maximum atomic E-state index is 11.8. The highest BCUT2D eigenvalue weighted by Gasteiger charge is 2.12. The first-order valence-electron chi connectivity index (χ1n) is 6.50. The predicted molar refractivity (Wildman–Crippen MR) is 83.5 cm³/mol. The maximum Gasteiger partial charge on any atom is 0.240 e. The van der Waals surface area contributed by atoms with Crippen LogP contribution >= 0.6 is 0 Å². The van der Waals surface area contributed by atoms with E-state index in [1.54, 1.807) is 12.3 Å².